The maximum atomic E-state index is 12.5. The van der Waals surface area contributed by atoms with Crippen LogP contribution in [0.3, 0.4) is 0 Å². The molecule has 25 heavy (non-hydrogen) atoms. The summed E-state index contributed by atoms with van der Waals surface area (Å²) in [6.07, 6.45) is 5.82. The fourth-order valence-electron chi connectivity index (χ4n) is 3.46. The Kier molecular flexibility index (Phi) is 6.00. The summed E-state index contributed by atoms with van der Waals surface area (Å²) >= 11 is 0. The lowest BCUT2D eigenvalue weighted by Gasteiger charge is -2.13. The Bertz CT molecular complexity index is 833. The second kappa shape index (κ2) is 8.62. The van der Waals surface area contributed by atoms with E-state index in [4.69, 9.17) is 0 Å². The van der Waals surface area contributed by atoms with Crippen molar-refractivity contribution in [2.75, 3.05) is 0 Å². The van der Waals surface area contributed by atoms with E-state index in [1.54, 1.807) is 0 Å². The van der Waals surface area contributed by atoms with Gasteiger partial charge in [0.2, 0.25) is 0 Å². The van der Waals surface area contributed by atoms with Crippen molar-refractivity contribution in [3.05, 3.63) is 72.3 Å². The lowest BCUT2D eigenvalue weighted by Crippen LogP contribution is -2.04. The summed E-state index contributed by atoms with van der Waals surface area (Å²) in [4.78, 5) is 12.5. The molecule has 0 aliphatic carbocycles. The molecule has 0 atom stereocenters. The van der Waals surface area contributed by atoms with Crippen molar-refractivity contribution in [1.29, 1.82) is 0 Å². The van der Waals surface area contributed by atoms with E-state index in [9.17, 15) is 4.79 Å². The number of hydrogen-bond donors (Lipinski definition) is 0. The number of benzene rings is 3. The van der Waals surface area contributed by atoms with Crippen molar-refractivity contribution in [1.82, 2.24) is 0 Å². The van der Waals surface area contributed by atoms with E-state index in [0.717, 1.165) is 18.4 Å². The molecule has 0 aliphatic rings. The SMILES string of the molecule is CCCCCCC(=O)Cc1ccc2ccccc2c1-c1ccccc1. The first-order chi connectivity index (χ1) is 12.3. The van der Waals surface area contributed by atoms with Gasteiger partial charge in [0, 0.05) is 12.8 Å². The van der Waals surface area contributed by atoms with Gasteiger partial charge in [-0.1, -0.05) is 92.9 Å². The quantitative estimate of drug-likeness (QED) is 0.426. The number of ketones is 1. The predicted octanol–water partition coefficient (Wildman–Crippen LogP) is 6.59. The van der Waals surface area contributed by atoms with E-state index in [1.165, 1.54) is 34.7 Å². The minimum atomic E-state index is 0.351. The maximum absolute atomic E-state index is 12.5. The third kappa shape index (κ3) is 4.36. The van der Waals surface area contributed by atoms with Crippen molar-refractivity contribution in [2.45, 2.75) is 45.4 Å². The van der Waals surface area contributed by atoms with E-state index in [1.807, 2.05) is 6.07 Å². The van der Waals surface area contributed by atoms with Crippen molar-refractivity contribution in [2.24, 2.45) is 0 Å². The number of carbonyl (C=O) groups excluding carboxylic acids is 1. The van der Waals surface area contributed by atoms with Crippen molar-refractivity contribution < 1.29 is 4.79 Å². The topological polar surface area (TPSA) is 17.1 Å². The zero-order chi connectivity index (χ0) is 17.5. The Morgan fingerprint density at radius 2 is 1.56 bits per heavy atom. The molecule has 1 heteroatoms. The Morgan fingerprint density at radius 1 is 0.800 bits per heavy atom. The van der Waals surface area contributed by atoms with Gasteiger partial charge in [0.15, 0.2) is 0 Å². The minimum absolute atomic E-state index is 0.351. The average Bonchev–Trinajstić information content (AvgIpc) is 2.66. The first-order valence-electron chi connectivity index (χ1n) is 9.37. The van der Waals surface area contributed by atoms with E-state index in [-0.39, 0.29) is 0 Å². The van der Waals surface area contributed by atoms with Crippen molar-refractivity contribution >= 4 is 16.6 Å². The van der Waals surface area contributed by atoms with E-state index in [0.29, 0.717) is 18.6 Å². The van der Waals surface area contributed by atoms with Gasteiger partial charge >= 0.3 is 0 Å². The van der Waals surface area contributed by atoms with Crippen LogP contribution in [0.15, 0.2) is 66.7 Å². The van der Waals surface area contributed by atoms with Crippen LogP contribution in [0.2, 0.25) is 0 Å². The standard InChI is InChI=1S/C24H26O/c1-2-3-4-8-14-22(25)18-21-17-16-19-11-9-10-15-23(19)24(21)20-12-6-5-7-13-20/h5-7,9-13,15-17H,2-4,8,14,18H2,1H3. The second-order valence-corrected chi connectivity index (χ2v) is 6.71. The molecule has 3 aromatic rings. The summed E-state index contributed by atoms with van der Waals surface area (Å²) in [5, 5.41) is 2.45. The molecule has 0 N–H and O–H groups in total. The molecular formula is C24H26O. The first-order valence-corrected chi connectivity index (χ1v) is 9.37. The molecule has 0 aliphatic heterocycles. The van der Waals surface area contributed by atoms with Crippen molar-refractivity contribution in [3.8, 4) is 11.1 Å². The monoisotopic (exact) mass is 330 g/mol. The molecule has 0 amide bonds. The molecule has 0 aromatic heterocycles. The lowest BCUT2D eigenvalue weighted by atomic mass is 9.90. The Morgan fingerprint density at radius 3 is 2.36 bits per heavy atom. The third-order valence-corrected chi connectivity index (χ3v) is 4.77. The van der Waals surface area contributed by atoms with Crippen LogP contribution in [0.4, 0.5) is 0 Å². The van der Waals surface area contributed by atoms with Gasteiger partial charge in [-0.05, 0) is 33.9 Å². The van der Waals surface area contributed by atoms with Gasteiger partial charge in [0.1, 0.15) is 5.78 Å². The molecule has 0 bridgehead atoms. The van der Waals surface area contributed by atoms with Crippen LogP contribution in [0.25, 0.3) is 21.9 Å². The van der Waals surface area contributed by atoms with Crippen LogP contribution in [0.1, 0.15) is 44.6 Å². The molecule has 0 fully saturated rings. The number of Topliss-reactive ketones (excluding diaryl/α,β-unsaturated/α-hetero) is 1. The normalized spacial score (nSPS) is 10.9. The molecule has 0 saturated heterocycles. The highest BCUT2D eigenvalue weighted by Gasteiger charge is 2.13. The van der Waals surface area contributed by atoms with Crippen LogP contribution in [0, 0.1) is 0 Å². The smallest absolute Gasteiger partial charge is 0.137 e. The van der Waals surface area contributed by atoms with Gasteiger partial charge in [-0.3, -0.25) is 4.79 Å². The number of hydrogen-bond acceptors (Lipinski definition) is 1. The molecule has 1 nitrogen and oxygen atoms in total. The third-order valence-electron chi connectivity index (χ3n) is 4.77. The molecule has 3 rings (SSSR count). The number of unbranched alkanes of at least 4 members (excludes halogenated alkanes) is 3. The van der Waals surface area contributed by atoms with Gasteiger partial charge < -0.3 is 0 Å². The Hall–Kier alpha value is -2.41. The van der Waals surface area contributed by atoms with Gasteiger partial charge in [-0.25, -0.2) is 0 Å². The summed E-state index contributed by atoms with van der Waals surface area (Å²) in [5.74, 6) is 0.351. The summed E-state index contributed by atoms with van der Waals surface area (Å²) in [6.45, 7) is 2.20. The number of rotatable bonds is 8. The van der Waals surface area contributed by atoms with Gasteiger partial charge in [-0.15, -0.1) is 0 Å². The fourth-order valence-corrected chi connectivity index (χ4v) is 3.46. The largest absolute Gasteiger partial charge is 0.299 e. The first kappa shape index (κ1) is 17.4. The molecule has 0 spiro atoms. The maximum Gasteiger partial charge on any atom is 0.137 e. The Balaban J connectivity index is 1.91. The van der Waals surface area contributed by atoms with Crippen LogP contribution in [-0.4, -0.2) is 5.78 Å². The highest BCUT2D eigenvalue weighted by atomic mass is 16.1. The van der Waals surface area contributed by atoms with E-state index in [2.05, 4.69) is 67.6 Å². The molecule has 128 valence electrons. The van der Waals surface area contributed by atoms with Crippen molar-refractivity contribution in [3.63, 3.8) is 0 Å². The average molecular weight is 330 g/mol. The van der Waals surface area contributed by atoms with E-state index < -0.39 is 0 Å². The predicted molar refractivity (Wildman–Crippen MR) is 107 cm³/mol. The summed E-state index contributed by atoms with van der Waals surface area (Å²) in [7, 11) is 0. The highest BCUT2D eigenvalue weighted by molar-refractivity contribution is 5.99. The molecule has 0 saturated carbocycles. The molecule has 0 heterocycles. The Labute approximate surface area is 150 Å². The van der Waals surface area contributed by atoms with E-state index >= 15 is 0 Å². The summed E-state index contributed by atoms with van der Waals surface area (Å²) in [6, 6.07) is 23.1. The number of fused-ring (bicyclic) bond motifs is 1. The van der Waals surface area contributed by atoms with Gasteiger partial charge in [-0.2, -0.15) is 0 Å². The fraction of sp³-hybridized carbons (Fsp3) is 0.292. The van der Waals surface area contributed by atoms with Crippen LogP contribution >= 0.6 is 0 Å². The molecule has 0 unspecified atom stereocenters. The zero-order valence-electron chi connectivity index (χ0n) is 15.0. The molecule has 0 radical (unpaired) electrons. The number of carbonyl (C=O) groups is 1. The second-order valence-electron chi connectivity index (χ2n) is 6.71. The minimum Gasteiger partial charge on any atom is -0.299 e. The highest BCUT2D eigenvalue weighted by Crippen LogP contribution is 2.32. The van der Waals surface area contributed by atoms with Crippen LogP contribution < -0.4 is 0 Å². The summed E-state index contributed by atoms with van der Waals surface area (Å²) in [5.41, 5.74) is 3.54. The summed E-state index contributed by atoms with van der Waals surface area (Å²) < 4.78 is 0. The molecular weight excluding hydrogens is 304 g/mol. The molecule has 3 aromatic carbocycles. The van der Waals surface area contributed by atoms with Crippen LogP contribution in [-0.2, 0) is 11.2 Å². The van der Waals surface area contributed by atoms with Gasteiger partial charge in [0.05, 0.1) is 0 Å². The lowest BCUT2D eigenvalue weighted by molar-refractivity contribution is -0.118. The van der Waals surface area contributed by atoms with Crippen LogP contribution in [0.5, 0.6) is 0 Å². The van der Waals surface area contributed by atoms with Gasteiger partial charge in [0.25, 0.3) is 0 Å². The zero-order valence-corrected chi connectivity index (χ0v) is 15.0.